The van der Waals surface area contributed by atoms with Crippen LogP contribution in [-0.2, 0) is 4.74 Å². The molecule has 1 aliphatic heterocycles. The average Bonchev–Trinajstić information content (AvgIpc) is 2.91. The third kappa shape index (κ3) is 3.19. The minimum atomic E-state index is -0.866. The second kappa shape index (κ2) is 6.37. The number of rotatable bonds is 4. The van der Waals surface area contributed by atoms with E-state index in [-0.39, 0.29) is 18.7 Å². The third-order valence-corrected chi connectivity index (χ3v) is 3.71. The van der Waals surface area contributed by atoms with Crippen molar-refractivity contribution in [1.29, 1.82) is 0 Å². The normalized spacial score (nSPS) is 23.8. The Morgan fingerprint density at radius 3 is 2.70 bits per heavy atom. The zero-order valence-corrected chi connectivity index (χ0v) is 12.2. The summed E-state index contributed by atoms with van der Waals surface area (Å²) in [6.45, 7) is -0.342. The number of nitrogens with one attached hydrogen (secondary N) is 2. The molecule has 1 aliphatic rings. The van der Waals surface area contributed by atoms with Crippen molar-refractivity contribution in [2.24, 2.45) is 0 Å². The number of ether oxygens (including phenoxy) is 1. The van der Waals surface area contributed by atoms with Gasteiger partial charge in [-0.1, -0.05) is 18.2 Å². The van der Waals surface area contributed by atoms with Crippen LogP contribution in [0.15, 0.2) is 46.1 Å². The summed E-state index contributed by atoms with van der Waals surface area (Å²) in [7, 11) is 0. The Hall–Kier alpha value is -2.42. The maximum atomic E-state index is 12.0. The van der Waals surface area contributed by atoms with Gasteiger partial charge in [-0.15, -0.1) is 0 Å². The van der Waals surface area contributed by atoms with Crippen LogP contribution in [-0.4, -0.2) is 38.6 Å². The van der Waals surface area contributed by atoms with Crippen molar-refractivity contribution in [1.82, 2.24) is 9.55 Å². The van der Waals surface area contributed by atoms with Gasteiger partial charge in [-0.25, -0.2) is 4.79 Å². The Morgan fingerprint density at radius 1 is 1.30 bits per heavy atom. The van der Waals surface area contributed by atoms with Crippen LogP contribution >= 0.6 is 0 Å². The van der Waals surface area contributed by atoms with E-state index in [2.05, 4.69) is 10.3 Å². The summed E-state index contributed by atoms with van der Waals surface area (Å²) in [4.78, 5) is 26.1. The van der Waals surface area contributed by atoms with E-state index in [1.54, 1.807) is 12.1 Å². The molecular formula is C15H17N3O5. The number of aliphatic hydroxyl groups is 2. The number of aromatic nitrogens is 2. The molecule has 0 unspecified atom stereocenters. The molecule has 0 radical (unpaired) electrons. The molecule has 8 heteroatoms. The molecule has 3 rings (SSSR count). The molecule has 0 amide bonds. The van der Waals surface area contributed by atoms with Crippen molar-refractivity contribution < 1.29 is 14.9 Å². The summed E-state index contributed by atoms with van der Waals surface area (Å²) in [5.74, 6) is 0. The SMILES string of the molecule is O=c1[nH]c(=O)n([C@H]2C[C@H](O)[C@@H](CO)O2)cc1Nc1ccccc1. The smallest absolute Gasteiger partial charge is 0.330 e. The number of anilines is 2. The number of aliphatic hydroxyl groups excluding tert-OH is 2. The Bertz CT molecular complexity index is 786. The molecule has 4 N–H and O–H groups in total. The van der Waals surface area contributed by atoms with Crippen LogP contribution in [0.2, 0.25) is 0 Å². The maximum Gasteiger partial charge on any atom is 0.330 e. The zero-order chi connectivity index (χ0) is 16.4. The third-order valence-electron chi connectivity index (χ3n) is 3.71. The number of hydrogen-bond acceptors (Lipinski definition) is 6. The van der Waals surface area contributed by atoms with Crippen molar-refractivity contribution in [3.05, 3.63) is 57.4 Å². The standard InChI is InChI=1S/C15H17N3O5/c19-8-12-11(20)6-13(23-12)18-7-10(14(21)17-15(18)22)16-9-4-2-1-3-5-9/h1-5,7,11-13,16,19-20H,6,8H2,(H,17,21,22)/t11-,12+,13+/m0/s1. The Balaban J connectivity index is 1.92. The van der Waals surface area contributed by atoms with Crippen LogP contribution in [0.4, 0.5) is 11.4 Å². The monoisotopic (exact) mass is 319 g/mol. The number of nitrogens with zero attached hydrogens (tertiary/aromatic N) is 1. The molecule has 122 valence electrons. The molecule has 23 heavy (non-hydrogen) atoms. The summed E-state index contributed by atoms with van der Waals surface area (Å²) in [5.41, 5.74) is -0.304. The second-order valence-electron chi connectivity index (χ2n) is 5.32. The molecular weight excluding hydrogens is 302 g/mol. The number of para-hydroxylation sites is 1. The van der Waals surface area contributed by atoms with E-state index < -0.39 is 29.7 Å². The maximum absolute atomic E-state index is 12.0. The number of H-pyrrole nitrogens is 1. The van der Waals surface area contributed by atoms with Gasteiger partial charge in [-0.05, 0) is 12.1 Å². The predicted octanol–water partition coefficient (Wildman–Crippen LogP) is -0.0791. The van der Waals surface area contributed by atoms with Crippen molar-refractivity contribution >= 4 is 11.4 Å². The van der Waals surface area contributed by atoms with Crippen molar-refractivity contribution in [3.8, 4) is 0 Å². The molecule has 1 saturated heterocycles. The van der Waals surface area contributed by atoms with Gasteiger partial charge in [0.15, 0.2) is 0 Å². The number of hydrogen-bond donors (Lipinski definition) is 4. The fourth-order valence-electron chi connectivity index (χ4n) is 2.52. The Kier molecular flexibility index (Phi) is 4.28. The van der Waals surface area contributed by atoms with Crippen LogP contribution in [0.3, 0.4) is 0 Å². The fraction of sp³-hybridized carbons (Fsp3) is 0.333. The molecule has 1 fully saturated rings. The van der Waals surface area contributed by atoms with Gasteiger partial charge < -0.3 is 20.3 Å². The zero-order valence-electron chi connectivity index (χ0n) is 12.2. The fourth-order valence-corrected chi connectivity index (χ4v) is 2.52. The first-order valence-corrected chi connectivity index (χ1v) is 7.20. The largest absolute Gasteiger partial charge is 0.394 e. The highest BCUT2D eigenvalue weighted by atomic mass is 16.5. The van der Waals surface area contributed by atoms with Crippen molar-refractivity contribution in [3.63, 3.8) is 0 Å². The predicted molar refractivity (Wildman–Crippen MR) is 82.7 cm³/mol. The minimum Gasteiger partial charge on any atom is -0.394 e. The van der Waals surface area contributed by atoms with Crippen molar-refractivity contribution in [2.45, 2.75) is 24.9 Å². The van der Waals surface area contributed by atoms with E-state index in [0.29, 0.717) is 5.69 Å². The number of benzene rings is 1. The Morgan fingerprint density at radius 2 is 2.04 bits per heavy atom. The highest BCUT2D eigenvalue weighted by molar-refractivity contribution is 5.57. The molecule has 2 heterocycles. The molecule has 0 bridgehead atoms. The van der Waals surface area contributed by atoms with Gasteiger partial charge >= 0.3 is 5.69 Å². The lowest BCUT2D eigenvalue weighted by atomic mass is 10.2. The van der Waals surface area contributed by atoms with E-state index >= 15 is 0 Å². The minimum absolute atomic E-state index is 0.155. The topological polar surface area (TPSA) is 117 Å². The summed E-state index contributed by atoms with van der Waals surface area (Å²) in [6.07, 6.45) is -0.852. The van der Waals surface area contributed by atoms with Gasteiger partial charge in [0.2, 0.25) is 0 Å². The summed E-state index contributed by atoms with van der Waals surface area (Å²) in [6, 6.07) is 9.04. The highest BCUT2D eigenvalue weighted by Crippen LogP contribution is 2.27. The quantitative estimate of drug-likeness (QED) is 0.626. The van der Waals surface area contributed by atoms with Gasteiger partial charge in [0.05, 0.1) is 12.7 Å². The number of aromatic amines is 1. The molecule has 0 saturated carbocycles. The van der Waals surface area contributed by atoms with Gasteiger partial charge in [0.25, 0.3) is 5.56 Å². The van der Waals surface area contributed by atoms with E-state index in [4.69, 9.17) is 9.84 Å². The van der Waals surface area contributed by atoms with Crippen molar-refractivity contribution in [2.75, 3.05) is 11.9 Å². The van der Waals surface area contributed by atoms with Crippen LogP contribution in [0.5, 0.6) is 0 Å². The molecule has 0 aliphatic carbocycles. The lowest BCUT2D eigenvalue weighted by molar-refractivity contribution is -0.0458. The first-order valence-electron chi connectivity index (χ1n) is 7.20. The van der Waals surface area contributed by atoms with Gasteiger partial charge in [-0.3, -0.25) is 14.3 Å². The molecule has 2 aromatic rings. The first-order chi connectivity index (χ1) is 11.1. The summed E-state index contributed by atoms with van der Waals surface area (Å²) < 4.78 is 6.65. The van der Waals surface area contributed by atoms with Gasteiger partial charge in [-0.2, -0.15) is 0 Å². The van der Waals surface area contributed by atoms with Crippen LogP contribution in [0, 0.1) is 0 Å². The van der Waals surface area contributed by atoms with E-state index in [9.17, 15) is 14.7 Å². The van der Waals surface area contributed by atoms with E-state index in [0.717, 1.165) is 0 Å². The first kappa shape index (κ1) is 15.5. The molecule has 8 nitrogen and oxygen atoms in total. The van der Waals surface area contributed by atoms with Crippen LogP contribution in [0.1, 0.15) is 12.6 Å². The summed E-state index contributed by atoms with van der Waals surface area (Å²) in [5, 5.41) is 21.8. The highest BCUT2D eigenvalue weighted by Gasteiger charge is 2.35. The lowest BCUT2D eigenvalue weighted by Crippen LogP contribution is -2.33. The average molecular weight is 319 g/mol. The summed E-state index contributed by atoms with van der Waals surface area (Å²) >= 11 is 0. The molecule has 0 spiro atoms. The van der Waals surface area contributed by atoms with Gasteiger partial charge in [0.1, 0.15) is 18.0 Å². The van der Waals surface area contributed by atoms with E-state index in [1.807, 2.05) is 18.2 Å². The van der Waals surface area contributed by atoms with Gasteiger partial charge in [0, 0.05) is 18.3 Å². The van der Waals surface area contributed by atoms with Crippen LogP contribution in [0.25, 0.3) is 0 Å². The van der Waals surface area contributed by atoms with E-state index in [1.165, 1.54) is 10.8 Å². The lowest BCUT2D eigenvalue weighted by Gasteiger charge is -2.15. The Labute approximate surface area is 131 Å². The second-order valence-corrected chi connectivity index (χ2v) is 5.32. The molecule has 1 aromatic carbocycles. The molecule has 3 atom stereocenters. The van der Waals surface area contributed by atoms with Crippen LogP contribution < -0.4 is 16.6 Å². The molecule has 1 aromatic heterocycles.